The minimum absolute atomic E-state index is 0.0363. The summed E-state index contributed by atoms with van der Waals surface area (Å²) in [6, 6.07) is 1.15. The van der Waals surface area contributed by atoms with Crippen LogP contribution in [-0.4, -0.2) is 62.0 Å². The zero-order valence-corrected chi connectivity index (χ0v) is 12.1. The van der Waals surface area contributed by atoms with Gasteiger partial charge in [-0.05, 0) is 33.6 Å². The monoisotopic (exact) mass is 256 g/mol. The Bertz CT molecular complexity index is 252. The van der Waals surface area contributed by atoms with Crippen LogP contribution in [0.1, 0.15) is 33.6 Å². The van der Waals surface area contributed by atoms with Crippen LogP contribution in [0.2, 0.25) is 0 Å². The number of nitrogens with one attached hydrogen (secondary N) is 1. The van der Waals surface area contributed by atoms with Crippen LogP contribution >= 0.6 is 0 Å². The molecule has 18 heavy (non-hydrogen) atoms. The van der Waals surface area contributed by atoms with Crippen molar-refractivity contribution in [2.24, 2.45) is 0 Å². The van der Waals surface area contributed by atoms with Crippen LogP contribution in [0.15, 0.2) is 0 Å². The van der Waals surface area contributed by atoms with Gasteiger partial charge in [0.2, 0.25) is 0 Å². The molecule has 4 heteroatoms. The van der Waals surface area contributed by atoms with Crippen LogP contribution in [-0.2, 0) is 9.47 Å². The van der Waals surface area contributed by atoms with Crippen molar-refractivity contribution < 1.29 is 9.47 Å². The molecule has 0 bridgehead atoms. The van der Waals surface area contributed by atoms with Gasteiger partial charge < -0.3 is 14.8 Å². The van der Waals surface area contributed by atoms with Gasteiger partial charge in [-0.25, -0.2) is 0 Å². The summed E-state index contributed by atoms with van der Waals surface area (Å²) in [7, 11) is 0. The molecule has 1 N–H and O–H groups in total. The predicted molar refractivity (Wildman–Crippen MR) is 72.9 cm³/mol. The standard InChI is InChI=1S/C14H28N2O2/c1-12(11-16-5-8-17-9-6-16)15-13-4-7-18-14(2,3)10-13/h12-13,15H,4-11H2,1-3H3. The lowest BCUT2D eigenvalue weighted by atomic mass is 9.93. The molecule has 2 aliphatic heterocycles. The first-order valence-electron chi connectivity index (χ1n) is 7.25. The summed E-state index contributed by atoms with van der Waals surface area (Å²) >= 11 is 0. The topological polar surface area (TPSA) is 33.7 Å². The Morgan fingerprint density at radius 3 is 2.67 bits per heavy atom. The Labute approximate surface area is 111 Å². The summed E-state index contributed by atoms with van der Waals surface area (Å²) < 4.78 is 11.1. The number of rotatable bonds is 4. The van der Waals surface area contributed by atoms with E-state index in [0.29, 0.717) is 12.1 Å². The highest BCUT2D eigenvalue weighted by atomic mass is 16.5. The fraction of sp³-hybridized carbons (Fsp3) is 1.00. The first-order valence-corrected chi connectivity index (χ1v) is 7.25. The first-order chi connectivity index (χ1) is 8.55. The zero-order chi connectivity index (χ0) is 13.0. The molecule has 2 atom stereocenters. The second-order valence-corrected chi connectivity index (χ2v) is 6.28. The van der Waals surface area contributed by atoms with Gasteiger partial charge in [-0.2, -0.15) is 0 Å². The molecule has 0 amide bonds. The first kappa shape index (κ1) is 14.3. The van der Waals surface area contributed by atoms with Crippen LogP contribution < -0.4 is 5.32 Å². The number of hydrogen-bond donors (Lipinski definition) is 1. The van der Waals surface area contributed by atoms with Crippen LogP contribution in [0.25, 0.3) is 0 Å². The van der Waals surface area contributed by atoms with Gasteiger partial charge in [0.1, 0.15) is 0 Å². The molecule has 2 unspecified atom stereocenters. The number of nitrogens with zero attached hydrogens (tertiary/aromatic N) is 1. The molecular weight excluding hydrogens is 228 g/mol. The Kier molecular flexibility index (Phi) is 5.01. The second kappa shape index (κ2) is 6.33. The van der Waals surface area contributed by atoms with Gasteiger partial charge in [0.25, 0.3) is 0 Å². The molecule has 2 heterocycles. The SMILES string of the molecule is CC(CN1CCOCC1)NC1CCOC(C)(C)C1. The van der Waals surface area contributed by atoms with Crippen molar-refractivity contribution in [2.75, 3.05) is 39.5 Å². The van der Waals surface area contributed by atoms with E-state index in [1.807, 2.05) is 0 Å². The lowest BCUT2D eigenvalue weighted by Crippen LogP contribution is -2.50. The van der Waals surface area contributed by atoms with E-state index in [1.54, 1.807) is 0 Å². The minimum atomic E-state index is 0.0363. The van der Waals surface area contributed by atoms with Gasteiger partial charge in [0, 0.05) is 38.3 Å². The van der Waals surface area contributed by atoms with E-state index in [9.17, 15) is 0 Å². The molecular formula is C14H28N2O2. The van der Waals surface area contributed by atoms with Crippen molar-refractivity contribution in [3.63, 3.8) is 0 Å². The Morgan fingerprint density at radius 1 is 1.28 bits per heavy atom. The fourth-order valence-corrected chi connectivity index (χ4v) is 3.00. The third-order valence-corrected chi connectivity index (χ3v) is 3.85. The molecule has 2 aliphatic rings. The summed E-state index contributed by atoms with van der Waals surface area (Å²) in [5.41, 5.74) is 0.0363. The normalized spacial score (nSPS) is 31.2. The molecule has 2 fully saturated rings. The van der Waals surface area contributed by atoms with Crippen LogP contribution in [0.5, 0.6) is 0 Å². The molecule has 0 spiro atoms. The lowest BCUT2D eigenvalue weighted by Gasteiger charge is -2.38. The molecule has 2 rings (SSSR count). The molecule has 0 aromatic rings. The van der Waals surface area contributed by atoms with E-state index < -0.39 is 0 Å². The molecule has 106 valence electrons. The third-order valence-electron chi connectivity index (χ3n) is 3.85. The van der Waals surface area contributed by atoms with Gasteiger partial charge >= 0.3 is 0 Å². The largest absolute Gasteiger partial charge is 0.379 e. The maximum Gasteiger partial charge on any atom is 0.0641 e. The number of morpholine rings is 1. The van der Waals surface area contributed by atoms with Gasteiger partial charge in [-0.3, -0.25) is 4.90 Å². The van der Waals surface area contributed by atoms with E-state index in [-0.39, 0.29) is 5.60 Å². The van der Waals surface area contributed by atoms with E-state index in [1.165, 1.54) is 0 Å². The quantitative estimate of drug-likeness (QED) is 0.821. The highest BCUT2D eigenvalue weighted by Gasteiger charge is 2.29. The van der Waals surface area contributed by atoms with Crippen LogP contribution in [0.3, 0.4) is 0 Å². The van der Waals surface area contributed by atoms with Crippen molar-refractivity contribution in [1.29, 1.82) is 0 Å². The summed E-state index contributed by atoms with van der Waals surface area (Å²) in [6.07, 6.45) is 2.25. The maximum atomic E-state index is 5.76. The fourth-order valence-electron chi connectivity index (χ4n) is 3.00. The molecule has 0 aromatic heterocycles. The lowest BCUT2D eigenvalue weighted by molar-refractivity contribution is -0.0645. The highest BCUT2D eigenvalue weighted by Crippen LogP contribution is 2.24. The zero-order valence-electron chi connectivity index (χ0n) is 12.1. The molecule has 0 aliphatic carbocycles. The Balaban J connectivity index is 1.71. The minimum Gasteiger partial charge on any atom is -0.379 e. The van der Waals surface area contributed by atoms with Gasteiger partial charge in [0.15, 0.2) is 0 Å². The van der Waals surface area contributed by atoms with Crippen LogP contribution in [0, 0.1) is 0 Å². The average Bonchev–Trinajstić information content (AvgIpc) is 2.28. The van der Waals surface area contributed by atoms with Gasteiger partial charge in [-0.15, -0.1) is 0 Å². The predicted octanol–water partition coefficient (Wildman–Crippen LogP) is 1.25. The third kappa shape index (κ3) is 4.50. The molecule has 0 radical (unpaired) electrons. The maximum absolute atomic E-state index is 5.76. The summed E-state index contributed by atoms with van der Waals surface area (Å²) in [4.78, 5) is 2.49. The van der Waals surface area contributed by atoms with Crippen molar-refractivity contribution in [3.8, 4) is 0 Å². The highest BCUT2D eigenvalue weighted by molar-refractivity contribution is 4.85. The van der Waals surface area contributed by atoms with Crippen molar-refractivity contribution >= 4 is 0 Å². The molecule has 4 nitrogen and oxygen atoms in total. The molecule has 0 saturated carbocycles. The second-order valence-electron chi connectivity index (χ2n) is 6.28. The van der Waals surface area contributed by atoms with E-state index >= 15 is 0 Å². The van der Waals surface area contributed by atoms with Crippen molar-refractivity contribution in [3.05, 3.63) is 0 Å². The van der Waals surface area contributed by atoms with Crippen molar-refractivity contribution in [2.45, 2.75) is 51.3 Å². The number of ether oxygens (including phenoxy) is 2. The summed E-state index contributed by atoms with van der Waals surface area (Å²) in [5.74, 6) is 0. The van der Waals surface area contributed by atoms with Gasteiger partial charge in [0.05, 0.1) is 18.8 Å². The van der Waals surface area contributed by atoms with E-state index in [0.717, 1.165) is 52.3 Å². The summed E-state index contributed by atoms with van der Waals surface area (Å²) in [6.45, 7) is 12.6. The number of hydrogen-bond acceptors (Lipinski definition) is 4. The van der Waals surface area contributed by atoms with Crippen molar-refractivity contribution in [1.82, 2.24) is 10.2 Å². The molecule has 0 aromatic carbocycles. The average molecular weight is 256 g/mol. The summed E-state index contributed by atoms with van der Waals surface area (Å²) in [5, 5.41) is 3.76. The Hall–Kier alpha value is -0.160. The smallest absolute Gasteiger partial charge is 0.0641 e. The molecule has 2 saturated heterocycles. The van der Waals surface area contributed by atoms with Gasteiger partial charge in [-0.1, -0.05) is 0 Å². The van der Waals surface area contributed by atoms with Crippen LogP contribution in [0.4, 0.5) is 0 Å². The Morgan fingerprint density at radius 2 is 2.00 bits per heavy atom. The van der Waals surface area contributed by atoms with E-state index in [2.05, 4.69) is 31.0 Å². The van der Waals surface area contributed by atoms with E-state index in [4.69, 9.17) is 9.47 Å².